The van der Waals surface area contributed by atoms with Gasteiger partial charge in [0.25, 0.3) is 5.91 Å². The van der Waals surface area contributed by atoms with Gasteiger partial charge in [-0.15, -0.1) is 0 Å². The molecule has 0 saturated carbocycles. The second-order valence-corrected chi connectivity index (χ2v) is 6.18. The quantitative estimate of drug-likeness (QED) is 0.846. The summed E-state index contributed by atoms with van der Waals surface area (Å²) >= 11 is 0. The van der Waals surface area contributed by atoms with Crippen LogP contribution in [0.25, 0.3) is 0 Å². The molecule has 3 rings (SSSR count). The Morgan fingerprint density at radius 3 is 2.57 bits per heavy atom. The number of hydrogen-bond acceptors (Lipinski definition) is 3. The van der Waals surface area contributed by atoms with Gasteiger partial charge in [-0.1, -0.05) is 12.1 Å². The highest BCUT2D eigenvalue weighted by atomic mass is 16.2. The van der Waals surface area contributed by atoms with E-state index in [1.807, 2.05) is 29.2 Å². The van der Waals surface area contributed by atoms with Crippen molar-refractivity contribution in [1.29, 1.82) is 0 Å². The van der Waals surface area contributed by atoms with Gasteiger partial charge < -0.3 is 16.0 Å². The molecule has 4 heteroatoms. The van der Waals surface area contributed by atoms with E-state index in [2.05, 4.69) is 25.2 Å². The van der Waals surface area contributed by atoms with Gasteiger partial charge in [0.05, 0.1) is 11.3 Å². The molecule has 1 aliphatic rings. The van der Waals surface area contributed by atoms with Crippen LogP contribution in [0.5, 0.6) is 0 Å². The lowest BCUT2D eigenvalue weighted by Crippen LogP contribution is -2.28. The number of carbonyl (C=O) groups is 1. The van der Waals surface area contributed by atoms with Crippen molar-refractivity contribution in [3.05, 3.63) is 53.1 Å². The predicted octanol–water partition coefficient (Wildman–Crippen LogP) is 3.87. The Morgan fingerprint density at radius 1 is 1.09 bits per heavy atom. The van der Waals surface area contributed by atoms with E-state index in [0.717, 1.165) is 37.3 Å². The van der Waals surface area contributed by atoms with Crippen molar-refractivity contribution >= 4 is 23.0 Å². The molecule has 0 unspecified atom stereocenters. The van der Waals surface area contributed by atoms with Crippen LogP contribution in [0, 0.1) is 13.8 Å². The number of nitrogens with two attached hydrogens (primary N) is 1. The van der Waals surface area contributed by atoms with Gasteiger partial charge in [0.1, 0.15) is 0 Å². The molecule has 2 aromatic carbocycles. The van der Waals surface area contributed by atoms with Gasteiger partial charge in [-0.05, 0) is 62.1 Å². The average molecular weight is 309 g/mol. The molecule has 23 heavy (non-hydrogen) atoms. The number of amides is 1. The van der Waals surface area contributed by atoms with Crippen molar-refractivity contribution in [3.63, 3.8) is 0 Å². The number of nitrogens with one attached hydrogen (secondary N) is 1. The molecule has 1 amide bonds. The van der Waals surface area contributed by atoms with E-state index in [-0.39, 0.29) is 5.91 Å². The molecule has 1 heterocycles. The Bertz CT molecular complexity index is 733. The molecule has 0 atom stereocenters. The fraction of sp³-hybridized carbons (Fsp3) is 0.316. The van der Waals surface area contributed by atoms with E-state index in [0.29, 0.717) is 11.3 Å². The summed E-state index contributed by atoms with van der Waals surface area (Å²) in [6, 6.07) is 11.6. The third kappa shape index (κ3) is 3.16. The number of anilines is 3. The third-order valence-electron chi connectivity index (χ3n) is 4.54. The number of hydrogen-bond donors (Lipinski definition) is 2. The first kappa shape index (κ1) is 15.4. The number of benzene rings is 2. The molecule has 0 aliphatic carbocycles. The first-order valence-corrected chi connectivity index (χ1v) is 8.08. The lowest BCUT2D eigenvalue weighted by atomic mass is 10.1. The van der Waals surface area contributed by atoms with Crippen LogP contribution in [0.3, 0.4) is 0 Å². The summed E-state index contributed by atoms with van der Waals surface area (Å²) < 4.78 is 0. The summed E-state index contributed by atoms with van der Waals surface area (Å²) in [5.74, 6) is 0.0580. The summed E-state index contributed by atoms with van der Waals surface area (Å²) in [5, 5.41) is 3.41. The number of nitrogens with zero attached hydrogens (tertiary/aromatic N) is 1. The predicted molar refractivity (Wildman–Crippen MR) is 95.2 cm³/mol. The van der Waals surface area contributed by atoms with Gasteiger partial charge in [-0.3, -0.25) is 4.79 Å². The first-order valence-electron chi connectivity index (χ1n) is 8.08. The molecule has 0 bridgehead atoms. The van der Waals surface area contributed by atoms with E-state index in [1.54, 1.807) is 6.07 Å². The maximum atomic E-state index is 12.8. The number of likely N-dealkylation sites (tertiary alicyclic amines) is 1. The average Bonchev–Trinajstić information content (AvgIpc) is 3.07. The monoisotopic (exact) mass is 309 g/mol. The van der Waals surface area contributed by atoms with Gasteiger partial charge >= 0.3 is 0 Å². The fourth-order valence-electron chi connectivity index (χ4n) is 2.97. The van der Waals surface area contributed by atoms with Crippen LogP contribution in [0.2, 0.25) is 0 Å². The van der Waals surface area contributed by atoms with Crippen LogP contribution < -0.4 is 11.1 Å². The molecule has 1 fully saturated rings. The van der Waals surface area contributed by atoms with Gasteiger partial charge in [0, 0.05) is 24.5 Å². The number of rotatable bonds is 3. The first-order chi connectivity index (χ1) is 11.1. The maximum absolute atomic E-state index is 12.8. The zero-order valence-electron chi connectivity index (χ0n) is 13.7. The van der Waals surface area contributed by atoms with Crippen LogP contribution >= 0.6 is 0 Å². The van der Waals surface area contributed by atoms with Gasteiger partial charge in [0.15, 0.2) is 0 Å². The zero-order valence-corrected chi connectivity index (χ0v) is 13.7. The summed E-state index contributed by atoms with van der Waals surface area (Å²) in [4.78, 5) is 14.7. The van der Waals surface area contributed by atoms with Crippen LogP contribution in [-0.2, 0) is 0 Å². The Hall–Kier alpha value is -2.49. The normalized spacial score (nSPS) is 14.1. The smallest absolute Gasteiger partial charge is 0.256 e. The summed E-state index contributed by atoms with van der Waals surface area (Å²) in [6.45, 7) is 5.82. The molecule has 3 N–H and O–H groups in total. The molecular formula is C19H23N3O. The topological polar surface area (TPSA) is 58.4 Å². The number of aryl methyl sites for hydroxylation is 1. The molecule has 4 nitrogen and oxygen atoms in total. The van der Waals surface area contributed by atoms with Crippen LogP contribution in [0.4, 0.5) is 17.1 Å². The van der Waals surface area contributed by atoms with Gasteiger partial charge in [0.2, 0.25) is 0 Å². The molecule has 120 valence electrons. The molecular weight excluding hydrogens is 286 g/mol. The van der Waals surface area contributed by atoms with Crippen LogP contribution in [0.1, 0.15) is 34.3 Å². The molecule has 2 aromatic rings. The number of nitrogen functional groups attached to an aromatic ring is 1. The van der Waals surface area contributed by atoms with Crippen molar-refractivity contribution in [2.75, 3.05) is 24.1 Å². The highest BCUT2D eigenvalue weighted by molar-refractivity contribution is 6.01. The lowest BCUT2D eigenvalue weighted by molar-refractivity contribution is 0.0794. The Balaban J connectivity index is 1.95. The Labute approximate surface area is 137 Å². The fourth-order valence-corrected chi connectivity index (χ4v) is 2.97. The van der Waals surface area contributed by atoms with E-state index in [4.69, 9.17) is 5.73 Å². The van der Waals surface area contributed by atoms with Gasteiger partial charge in [-0.2, -0.15) is 0 Å². The third-order valence-corrected chi connectivity index (χ3v) is 4.54. The minimum absolute atomic E-state index is 0.0580. The lowest BCUT2D eigenvalue weighted by Gasteiger charge is -2.19. The van der Waals surface area contributed by atoms with Crippen molar-refractivity contribution < 1.29 is 4.79 Å². The highest BCUT2D eigenvalue weighted by Gasteiger charge is 2.22. The highest BCUT2D eigenvalue weighted by Crippen LogP contribution is 2.28. The summed E-state index contributed by atoms with van der Waals surface area (Å²) in [7, 11) is 0. The standard InChI is InChI=1S/C19H23N3O/c1-13-6-5-7-17(14(13)2)21-18-9-8-15(20)12-16(18)19(23)22-10-3-4-11-22/h5-9,12,21H,3-4,10-11,20H2,1-2H3. The van der Waals surface area contributed by atoms with Crippen molar-refractivity contribution in [2.45, 2.75) is 26.7 Å². The molecule has 0 radical (unpaired) electrons. The largest absolute Gasteiger partial charge is 0.399 e. The van der Waals surface area contributed by atoms with Crippen molar-refractivity contribution in [3.8, 4) is 0 Å². The zero-order chi connectivity index (χ0) is 16.4. The molecule has 0 aromatic heterocycles. The van der Waals surface area contributed by atoms with E-state index in [1.165, 1.54) is 11.1 Å². The summed E-state index contributed by atoms with van der Waals surface area (Å²) in [6.07, 6.45) is 2.15. The molecule has 0 spiro atoms. The molecule has 1 aliphatic heterocycles. The van der Waals surface area contributed by atoms with Gasteiger partial charge in [-0.25, -0.2) is 0 Å². The Kier molecular flexibility index (Phi) is 4.24. The minimum atomic E-state index is 0.0580. The van der Waals surface area contributed by atoms with Crippen molar-refractivity contribution in [2.24, 2.45) is 0 Å². The van der Waals surface area contributed by atoms with E-state index >= 15 is 0 Å². The second kappa shape index (κ2) is 6.32. The second-order valence-electron chi connectivity index (χ2n) is 6.18. The SMILES string of the molecule is Cc1cccc(Nc2ccc(N)cc2C(=O)N2CCCC2)c1C. The van der Waals surface area contributed by atoms with Crippen LogP contribution in [-0.4, -0.2) is 23.9 Å². The van der Waals surface area contributed by atoms with E-state index in [9.17, 15) is 4.79 Å². The molecule has 1 saturated heterocycles. The maximum Gasteiger partial charge on any atom is 0.256 e. The van der Waals surface area contributed by atoms with Crippen molar-refractivity contribution in [1.82, 2.24) is 4.90 Å². The number of carbonyl (C=O) groups excluding carboxylic acids is 1. The Morgan fingerprint density at radius 2 is 1.83 bits per heavy atom. The van der Waals surface area contributed by atoms with E-state index < -0.39 is 0 Å². The van der Waals surface area contributed by atoms with Crippen LogP contribution in [0.15, 0.2) is 36.4 Å². The summed E-state index contributed by atoms with van der Waals surface area (Å²) in [5.41, 5.74) is 11.4. The minimum Gasteiger partial charge on any atom is -0.399 e.